The molecule has 1 N–H and O–H groups in total. The van der Waals surface area contributed by atoms with Gasteiger partial charge in [0.05, 0.1) is 12.7 Å². The molecule has 5 nitrogen and oxygen atoms in total. The van der Waals surface area contributed by atoms with E-state index in [0.29, 0.717) is 28.3 Å². The van der Waals surface area contributed by atoms with Gasteiger partial charge >= 0.3 is 6.16 Å². The molecule has 2 aromatic carbocycles. The average Bonchev–Trinajstić information content (AvgIpc) is 2.54. The zero-order valence-electron chi connectivity index (χ0n) is 12.1. The lowest BCUT2D eigenvalue weighted by atomic mass is 9.97. The zero-order valence-corrected chi connectivity index (χ0v) is 12.1. The molecule has 2 aliphatic heterocycles. The van der Waals surface area contributed by atoms with Crippen LogP contribution >= 0.6 is 0 Å². The maximum absolute atomic E-state index is 13.5. The summed E-state index contributed by atoms with van der Waals surface area (Å²) in [6.45, 7) is 0. The Hall–Kier alpha value is -3.02. The van der Waals surface area contributed by atoms with E-state index in [-0.39, 0.29) is 5.82 Å². The van der Waals surface area contributed by atoms with E-state index in [9.17, 15) is 9.18 Å². The van der Waals surface area contributed by atoms with Crippen molar-refractivity contribution < 1.29 is 23.4 Å². The first-order valence-electron chi connectivity index (χ1n) is 7.00. The maximum Gasteiger partial charge on any atom is 0.514 e. The third-order valence-electron chi connectivity index (χ3n) is 3.80. The molecule has 116 valence electrons. The molecule has 0 saturated carbocycles. The summed E-state index contributed by atoms with van der Waals surface area (Å²) in [4.78, 5) is 11.7. The van der Waals surface area contributed by atoms with Gasteiger partial charge in [-0.25, -0.2) is 9.18 Å². The van der Waals surface area contributed by atoms with E-state index in [1.165, 1.54) is 19.2 Å². The van der Waals surface area contributed by atoms with Crippen LogP contribution in [-0.2, 0) is 4.74 Å². The van der Waals surface area contributed by atoms with Crippen LogP contribution in [0, 0.1) is 5.82 Å². The predicted molar refractivity (Wildman–Crippen MR) is 80.8 cm³/mol. The lowest BCUT2D eigenvalue weighted by Gasteiger charge is -2.31. The van der Waals surface area contributed by atoms with Gasteiger partial charge in [-0.2, -0.15) is 0 Å². The highest BCUT2D eigenvalue weighted by molar-refractivity contribution is 5.86. The fraction of sp³-hybridized carbons (Fsp3) is 0.118. The van der Waals surface area contributed by atoms with Crippen LogP contribution in [-0.4, -0.2) is 13.3 Å². The molecule has 2 aromatic rings. The summed E-state index contributed by atoms with van der Waals surface area (Å²) < 4.78 is 29.1. The monoisotopic (exact) mass is 313 g/mol. The van der Waals surface area contributed by atoms with Gasteiger partial charge in [-0.1, -0.05) is 12.1 Å². The van der Waals surface area contributed by atoms with Gasteiger partial charge in [-0.05, 0) is 30.3 Å². The van der Waals surface area contributed by atoms with Crippen molar-refractivity contribution in [1.29, 1.82) is 0 Å². The molecule has 0 amide bonds. The summed E-state index contributed by atoms with van der Waals surface area (Å²) >= 11 is 0. The molecule has 23 heavy (non-hydrogen) atoms. The second-order valence-corrected chi connectivity index (χ2v) is 5.16. The SMILES string of the molecule is COc1ccc2c3c1OC(=O)OC3C=C(c1cccc(F)c1)N2. The van der Waals surface area contributed by atoms with Gasteiger partial charge in [0, 0.05) is 16.9 Å². The Balaban J connectivity index is 1.84. The Labute approximate surface area is 131 Å². The number of rotatable bonds is 2. The molecule has 6 heteroatoms. The Bertz CT molecular complexity index is 846. The highest BCUT2D eigenvalue weighted by Gasteiger charge is 2.35. The summed E-state index contributed by atoms with van der Waals surface area (Å²) in [5.41, 5.74) is 2.73. The molecule has 0 aromatic heterocycles. The smallest absolute Gasteiger partial charge is 0.493 e. The summed E-state index contributed by atoms with van der Waals surface area (Å²) in [5, 5.41) is 3.21. The predicted octanol–water partition coefficient (Wildman–Crippen LogP) is 3.87. The molecule has 0 saturated heterocycles. The van der Waals surface area contributed by atoms with Crippen LogP contribution < -0.4 is 14.8 Å². The third-order valence-corrected chi connectivity index (χ3v) is 3.80. The number of benzene rings is 2. The number of nitrogens with one attached hydrogen (secondary N) is 1. The largest absolute Gasteiger partial charge is 0.514 e. The van der Waals surface area contributed by atoms with Crippen molar-refractivity contribution in [3.8, 4) is 11.5 Å². The number of hydrogen-bond acceptors (Lipinski definition) is 5. The fourth-order valence-electron chi connectivity index (χ4n) is 2.79. The van der Waals surface area contributed by atoms with E-state index >= 15 is 0 Å². The normalized spacial score (nSPS) is 18.1. The first kappa shape index (κ1) is 13.6. The van der Waals surface area contributed by atoms with Crippen LogP contribution in [0.3, 0.4) is 0 Å². The van der Waals surface area contributed by atoms with Crippen LogP contribution in [0.15, 0.2) is 42.5 Å². The number of carbonyl (C=O) groups is 1. The molecular formula is C17H12FNO4. The molecule has 2 aliphatic rings. The van der Waals surface area contributed by atoms with Crippen molar-refractivity contribution in [1.82, 2.24) is 0 Å². The molecule has 1 unspecified atom stereocenters. The minimum Gasteiger partial charge on any atom is -0.493 e. The van der Waals surface area contributed by atoms with E-state index in [1.54, 1.807) is 30.3 Å². The van der Waals surface area contributed by atoms with Gasteiger partial charge in [0.1, 0.15) is 5.82 Å². The van der Waals surface area contributed by atoms with Crippen LogP contribution in [0.1, 0.15) is 17.2 Å². The van der Waals surface area contributed by atoms with Crippen molar-refractivity contribution in [2.75, 3.05) is 12.4 Å². The first-order valence-corrected chi connectivity index (χ1v) is 7.00. The van der Waals surface area contributed by atoms with E-state index in [0.717, 1.165) is 5.69 Å². The Morgan fingerprint density at radius 3 is 2.91 bits per heavy atom. The maximum atomic E-state index is 13.5. The lowest BCUT2D eigenvalue weighted by Crippen LogP contribution is -2.25. The molecule has 4 rings (SSSR count). The standard InChI is InChI=1S/C17H12FNO4/c1-21-13-6-5-11-15-14(22-17(20)23-16(13)15)8-12(19-11)9-3-2-4-10(18)7-9/h2-8,14,19H,1H3. The van der Waals surface area contributed by atoms with E-state index in [1.807, 2.05) is 0 Å². The molecule has 2 heterocycles. The van der Waals surface area contributed by atoms with Gasteiger partial charge < -0.3 is 19.5 Å². The molecule has 0 spiro atoms. The van der Waals surface area contributed by atoms with Crippen molar-refractivity contribution in [2.45, 2.75) is 6.10 Å². The van der Waals surface area contributed by atoms with Gasteiger partial charge in [0.25, 0.3) is 0 Å². The molecule has 0 bridgehead atoms. The van der Waals surface area contributed by atoms with Gasteiger partial charge in [0.2, 0.25) is 0 Å². The lowest BCUT2D eigenvalue weighted by molar-refractivity contribution is 0.0591. The summed E-state index contributed by atoms with van der Waals surface area (Å²) in [6.07, 6.45) is 0.311. The van der Waals surface area contributed by atoms with Gasteiger partial charge in [-0.3, -0.25) is 0 Å². The molecule has 1 atom stereocenters. The number of hydrogen-bond donors (Lipinski definition) is 1. The van der Waals surface area contributed by atoms with Crippen molar-refractivity contribution in [2.24, 2.45) is 0 Å². The number of carbonyl (C=O) groups excluding carboxylic acids is 1. The third kappa shape index (κ3) is 2.19. The summed E-state index contributed by atoms with van der Waals surface area (Å²) in [6, 6.07) is 9.69. The quantitative estimate of drug-likeness (QED) is 0.674. The minimum absolute atomic E-state index is 0.338. The van der Waals surface area contributed by atoms with Crippen molar-refractivity contribution >= 4 is 17.5 Å². The van der Waals surface area contributed by atoms with E-state index < -0.39 is 12.3 Å². The Morgan fingerprint density at radius 2 is 2.13 bits per heavy atom. The zero-order chi connectivity index (χ0) is 16.0. The number of ether oxygens (including phenoxy) is 3. The van der Waals surface area contributed by atoms with Gasteiger partial charge in [0.15, 0.2) is 17.6 Å². The molecule has 0 radical (unpaired) electrons. The minimum atomic E-state index is -0.797. The summed E-state index contributed by atoms with van der Waals surface area (Å²) in [5.74, 6) is 0.457. The molecular weight excluding hydrogens is 301 g/mol. The van der Waals surface area contributed by atoms with Crippen LogP contribution in [0.25, 0.3) is 5.70 Å². The second kappa shape index (κ2) is 5.01. The van der Waals surface area contributed by atoms with Crippen LogP contribution in [0.5, 0.6) is 11.5 Å². The number of anilines is 1. The Kier molecular flexibility index (Phi) is 2.97. The van der Waals surface area contributed by atoms with Crippen LogP contribution in [0.2, 0.25) is 0 Å². The molecule has 0 fully saturated rings. The van der Waals surface area contributed by atoms with Crippen LogP contribution in [0.4, 0.5) is 14.9 Å². The first-order chi connectivity index (χ1) is 11.2. The highest BCUT2D eigenvalue weighted by Crippen LogP contribution is 2.48. The number of halogens is 1. The van der Waals surface area contributed by atoms with Crippen molar-refractivity contribution in [3.63, 3.8) is 0 Å². The van der Waals surface area contributed by atoms with Gasteiger partial charge in [-0.15, -0.1) is 0 Å². The Morgan fingerprint density at radius 1 is 1.26 bits per heavy atom. The van der Waals surface area contributed by atoms with E-state index in [4.69, 9.17) is 14.2 Å². The highest BCUT2D eigenvalue weighted by atomic mass is 19.1. The van der Waals surface area contributed by atoms with E-state index in [2.05, 4.69) is 5.32 Å². The fourth-order valence-corrected chi connectivity index (χ4v) is 2.79. The second-order valence-electron chi connectivity index (χ2n) is 5.16. The van der Waals surface area contributed by atoms with Crippen molar-refractivity contribution in [3.05, 3.63) is 59.4 Å². The average molecular weight is 313 g/mol. The number of methoxy groups -OCH3 is 1. The summed E-state index contributed by atoms with van der Waals surface area (Å²) in [7, 11) is 1.50. The molecule has 0 aliphatic carbocycles. The topological polar surface area (TPSA) is 56.8 Å².